The van der Waals surface area contributed by atoms with Crippen LogP contribution in [0.2, 0.25) is 10.0 Å². The van der Waals surface area contributed by atoms with Crippen molar-refractivity contribution < 1.29 is 14.6 Å². The number of aliphatic hydroxyl groups excluding tert-OH is 1. The Hall–Kier alpha value is -1.03. The van der Waals surface area contributed by atoms with E-state index in [2.05, 4.69) is 0 Å². The summed E-state index contributed by atoms with van der Waals surface area (Å²) < 4.78 is 5.13. The summed E-state index contributed by atoms with van der Waals surface area (Å²) in [5, 5.41) is 9.85. The van der Waals surface area contributed by atoms with E-state index in [0.717, 1.165) is 0 Å². The summed E-state index contributed by atoms with van der Waals surface area (Å²) in [6.07, 6.45) is 2.82. The molecule has 0 saturated carbocycles. The highest BCUT2D eigenvalue weighted by Gasteiger charge is 2.14. The van der Waals surface area contributed by atoms with Crippen LogP contribution >= 0.6 is 23.2 Å². The average molecular weight is 303 g/mol. The zero-order valence-electron chi connectivity index (χ0n) is 11.0. The lowest BCUT2D eigenvalue weighted by Gasteiger charge is -2.17. The van der Waals surface area contributed by atoms with Crippen molar-refractivity contribution in [2.75, 3.05) is 0 Å². The molecule has 1 N–H and O–H groups in total. The number of hydrogen-bond acceptors (Lipinski definition) is 3. The van der Waals surface area contributed by atoms with Gasteiger partial charge in [-0.2, -0.15) is 0 Å². The van der Waals surface area contributed by atoms with Gasteiger partial charge in [-0.1, -0.05) is 23.2 Å². The van der Waals surface area contributed by atoms with Crippen LogP contribution in [0.3, 0.4) is 0 Å². The number of carbonyl (C=O) groups is 1. The number of halogens is 2. The molecule has 0 aromatic heterocycles. The van der Waals surface area contributed by atoms with Crippen molar-refractivity contribution in [2.45, 2.75) is 33.0 Å². The minimum atomic E-state index is -0.538. The molecule has 0 aliphatic rings. The fraction of sp³-hybridized carbons (Fsp3) is 0.357. The zero-order chi connectivity index (χ0) is 14.6. The lowest BCUT2D eigenvalue weighted by Crippen LogP contribution is -2.22. The van der Waals surface area contributed by atoms with Crippen LogP contribution in [-0.4, -0.2) is 16.7 Å². The van der Waals surface area contributed by atoms with Gasteiger partial charge >= 0.3 is 5.97 Å². The summed E-state index contributed by atoms with van der Waals surface area (Å²) in [4.78, 5) is 11.5. The minimum Gasteiger partial charge on any atom is -0.457 e. The molecule has 0 unspecified atom stereocenters. The maximum absolute atomic E-state index is 11.5. The van der Waals surface area contributed by atoms with Crippen molar-refractivity contribution in [1.29, 1.82) is 0 Å². The molecule has 1 rings (SSSR count). The second-order valence-electron chi connectivity index (χ2n) is 4.99. The average Bonchev–Trinajstić information content (AvgIpc) is 2.27. The van der Waals surface area contributed by atoms with E-state index in [9.17, 15) is 4.79 Å². The molecule has 104 valence electrons. The van der Waals surface area contributed by atoms with Gasteiger partial charge in [-0.3, -0.25) is 0 Å². The first-order valence-electron chi connectivity index (χ1n) is 5.73. The van der Waals surface area contributed by atoms with E-state index < -0.39 is 11.6 Å². The van der Waals surface area contributed by atoms with Crippen molar-refractivity contribution >= 4 is 35.2 Å². The molecule has 3 nitrogen and oxygen atoms in total. The Morgan fingerprint density at radius 2 is 1.95 bits per heavy atom. The number of benzene rings is 1. The highest BCUT2D eigenvalue weighted by molar-refractivity contribution is 6.34. The van der Waals surface area contributed by atoms with Crippen molar-refractivity contribution in [1.82, 2.24) is 0 Å². The Labute approximate surface area is 122 Å². The second-order valence-corrected chi connectivity index (χ2v) is 5.80. The molecule has 0 radical (unpaired) electrons. The Kier molecular flexibility index (Phi) is 5.41. The molecule has 1 aromatic carbocycles. The summed E-state index contributed by atoms with van der Waals surface area (Å²) in [7, 11) is 0. The standard InChI is InChI=1S/C14H16Cl2O3/c1-14(2,3)19-13(18)5-4-9-6-12(16)10(8-17)7-11(9)15/h4-7,17H,8H2,1-3H3. The molecule has 0 aliphatic heterocycles. The highest BCUT2D eigenvalue weighted by Crippen LogP contribution is 2.26. The zero-order valence-corrected chi connectivity index (χ0v) is 12.5. The highest BCUT2D eigenvalue weighted by atomic mass is 35.5. The molecule has 0 aliphatic carbocycles. The van der Waals surface area contributed by atoms with Crippen molar-refractivity contribution in [3.63, 3.8) is 0 Å². The van der Waals surface area contributed by atoms with E-state index in [-0.39, 0.29) is 6.61 Å². The quantitative estimate of drug-likeness (QED) is 0.681. The predicted molar refractivity (Wildman–Crippen MR) is 77.3 cm³/mol. The lowest BCUT2D eigenvalue weighted by molar-refractivity contribution is -0.148. The van der Waals surface area contributed by atoms with E-state index >= 15 is 0 Å². The first kappa shape index (κ1) is 16.0. The van der Waals surface area contributed by atoms with Gasteiger partial charge in [0.1, 0.15) is 5.60 Å². The van der Waals surface area contributed by atoms with Crippen LogP contribution in [0.5, 0.6) is 0 Å². The Morgan fingerprint density at radius 1 is 1.32 bits per heavy atom. The predicted octanol–water partition coefficient (Wildman–Crippen LogP) is 3.84. The summed E-state index contributed by atoms with van der Waals surface area (Å²) in [5.74, 6) is -0.453. The molecule has 19 heavy (non-hydrogen) atoms. The molecule has 1 aromatic rings. The molecular formula is C14H16Cl2O3. The molecule has 0 bridgehead atoms. The van der Waals surface area contributed by atoms with Crippen LogP contribution in [0.4, 0.5) is 0 Å². The Bertz CT molecular complexity index is 502. The maximum Gasteiger partial charge on any atom is 0.331 e. The molecular weight excluding hydrogens is 287 g/mol. The fourth-order valence-electron chi connectivity index (χ4n) is 1.35. The molecule has 5 heteroatoms. The second kappa shape index (κ2) is 6.42. The van der Waals surface area contributed by atoms with E-state index in [1.807, 2.05) is 0 Å². The fourth-order valence-corrected chi connectivity index (χ4v) is 1.83. The molecule has 0 saturated heterocycles. The smallest absolute Gasteiger partial charge is 0.331 e. The van der Waals surface area contributed by atoms with Crippen LogP contribution in [0.25, 0.3) is 6.08 Å². The van der Waals surface area contributed by atoms with Gasteiger partial charge in [-0.15, -0.1) is 0 Å². The van der Waals surface area contributed by atoms with Gasteiger partial charge in [0.25, 0.3) is 0 Å². The number of ether oxygens (including phenoxy) is 1. The number of rotatable bonds is 3. The van der Waals surface area contributed by atoms with Gasteiger partial charge in [0.15, 0.2) is 0 Å². The van der Waals surface area contributed by atoms with Gasteiger partial charge in [-0.05, 0) is 50.1 Å². The van der Waals surface area contributed by atoms with Crippen LogP contribution in [0.15, 0.2) is 18.2 Å². The maximum atomic E-state index is 11.5. The van der Waals surface area contributed by atoms with Crippen molar-refractivity contribution in [3.05, 3.63) is 39.4 Å². The van der Waals surface area contributed by atoms with Gasteiger partial charge in [0, 0.05) is 16.1 Å². The van der Waals surface area contributed by atoms with Crippen molar-refractivity contribution in [3.8, 4) is 0 Å². The van der Waals surface area contributed by atoms with Crippen LogP contribution in [0.1, 0.15) is 31.9 Å². The third kappa shape index (κ3) is 5.23. The lowest BCUT2D eigenvalue weighted by atomic mass is 10.1. The van der Waals surface area contributed by atoms with E-state index in [1.54, 1.807) is 32.9 Å². The monoisotopic (exact) mass is 302 g/mol. The van der Waals surface area contributed by atoms with Crippen LogP contribution in [0, 0.1) is 0 Å². The summed E-state index contributed by atoms with van der Waals surface area (Å²) in [6, 6.07) is 3.16. The van der Waals surface area contributed by atoms with Crippen LogP contribution in [-0.2, 0) is 16.1 Å². The topological polar surface area (TPSA) is 46.5 Å². The Balaban J connectivity index is 2.88. The third-order valence-electron chi connectivity index (χ3n) is 2.14. The van der Waals surface area contributed by atoms with E-state index in [0.29, 0.717) is 21.2 Å². The largest absolute Gasteiger partial charge is 0.457 e. The molecule has 0 fully saturated rings. The first-order chi connectivity index (χ1) is 8.73. The molecule has 0 atom stereocenters. The van der Waals surface area contributed by atoms with Crippen LogP contribution < -0.4 is 0 Å². The van der Waals surface area contributed by atoms with Crippen molar-refractivity contribution in [2.24, 2.45) is 0 Å². The van der Waals surface area contributed by atoms with Gasteiger partial charge < -0.3 is 9.84 Å². The van der Waals surface area contributed by atoms with Gasteiger partial charge in [0.05, 0.1) is 6.61 Å². The SMILES string of the molecule is CC(C)(C)OC(=O)C=Cc1cc(Cl)c(CO)cc1Cl. The van der Waals surface area contributed by atoms with Gasteiger partial charge in [-0.25, -0.2) is 4.79 Å². The number of aliphatic hydroxyl groups is 1. The minimum absolute atomic E-state index is 0.186. The first-order valence-corrected chi connectivity index (χ1v) is 6.48. The number of carbonyl (C=O) groups excluding carboxylic acids is 1. The number of hydrogen-bond donors (Lipinski definition) is 1. The summed E-state index contributed by atoms with van der Waals surface area (Å²) in [6.45, 7) is 5.19. The summed E-state index contributed by atoms with van der Waals surface area (Å²) in [5.41, 5.74) is 0.597. The van der Waals surface area contributed by atoms with E-state index in [4.69, 9.17) is 33.0 Å². The molecule has 0 spiro atoms. The third-order valence-corrected chi connectivity index (χ3v) is 2.82. The van der Waals surface area contributed by atoms with E-state index in [1.165, 1.54) is 12.2 Å². The molecule has 0 heterocycles. The molecule has 0 amide bonds. The summed E-state index contributed by atoms with van der Waals surface area (Å²) >= 11 is 12.0. The number of esters is 1. The van der Waals surface area contributed by atoms with Gasteiger partial charge in [0.2, 0.25) is 0 Å². The Morgan fingerprint density at radius 3 is 2.47 bits per heavy atom. The normalized spacial score (nSPS) is 11.9.